The lowest BCUT2D eigenvalue weighted by Crippen LogP contribution is -2.10. The van der Waals surface area contributed by atoms with Crippen molar-refractivity contribution in [2.75, 3.05) is 0 Å². The van der Waals surface area contributed by atoms with E-state index in [4.69, 9.17) is 0 Å². The van der Waals surface area contributed by atoms with Crippen LogP contribution in [0.4, 0.5) is 13.2 Å². The van der Waals surface area contributed by atoms with Gasteiger partial charge in [0.05, 0.1) is 11.3 Å². The van der Waals surface area contributed by atoms with Gasteiger partial charge >= 0.3 is 6.18 Å². The maximum atomic E-state index is 12.7. The van der Waals surface area contributed by atoms with Gasteiger partial charge in [-0.3, -0.25) is 4.79 Å². The zero-order valence-electron chi connectivity index (χ0n) is 10.4. The van der Waals surface area contributed by atoms with E-state index in [1.54, 1.807) is 0 Å². The van der Waals surface area contributed by atoms with Crippen molar-refractivity contribution in [3.05, 3.63) is 51.9 Å². The Kier molecular flexibility index (Phi) is 2.88. The molecule has 0 aliphatic heterocycles. The Morgan fingerprint density at radius 3 is 2.60 bits per heavy atom. The van der Waals surface area contributed by atoms with Gasteiger partial charge in [0.15, 0.2) is 0 Å². The summed E-state index contributed by atoms with van der Waals surface area (Å²) in [6.45, 7) is 0. The standard InChI is InChI=1S/C14H11F3N2O/c15-14(16,17)10-3-1-2-9(6-10)13-18-11(8-4-5-8)7-12(20)19-13/h1-3,6-8H,4-5H2,(H,18,19,20). The van der Waals surface area contributed by atoms with Gasteiger partial charge in [0.1, 0.15) is 5.82 Å². The van der Waals surface area contributed by atoms with Crippen LogP contribution in [0.25, 0.3) is 11.4 Å². The number of halogens is 3. The van der Waals surface area contributed by atoms with E-state index in [2.05, 4.69) is 9.97 Å². The number of rotatable bonds is 2. The lowest BCUT2D eigenvalue weighted by molar-refractivity contribution is -0.137. The first-order chi connectivity index (χ1) is 9.43. The SMILES string of the molecule is O=c1cc(C2CC2)nc(-c2cccc(C(F)(F)F)c2)[nH]1. The summed E-state index contributed by atoms with van der Waals surface area (Å²) in [5.41, 5.74) is -0.177. The number of benzene rings is 1. The number of nitrogens with one attached hydrogen (secondary N) is 1. The van der Waals surface area contributed by atoms with E-state index in [0.717, 1.165) is 25.0 Å². The van der Waals surface area contributed by atoms with Gasteiger partial charge in [-0.25, -0.2) is 4.98 Å². The molecule has 1 N–H and O–H groups in total. The van der Waals surface area contributed by atoms with Crippen LogP contribution >= 0.6 is 0 Å². The molecule has 2 aromatic rings. The summed E-state index contributed by atoms with van der Waals surface area (Å²) in [4.78, 5) is 18.3. The van der Waals surface area contributed by atoms with Crippen LogP contribution in [0, 0.1) is 0 Å². The van der Waals surface area contributed by atoms with E-state index in [0.29, 0.717) is 5.69 Å². The molecule has 0 atom stereocenters. The summed E-state index contributed by atoms with van der Waals surface area (Å²) in [7, 11) is 0. The number of H-pyrrole nitrogens is 1. The number of aromatic amines is 1. The van der Waals surface area contributed by atoms with Gasteiger partial charge in [-0.15, -0.1) is 0 Å². The van der Waals surface area contributed by atoms with Crippen LogP contribution < -0.4 is 5.56 Å². The molecule has 1 aliphatic carbocycles. The maximum Gasteiger partial charge on any atom is 0.416 e. The highest BCUT2D eigenvalue weighted by Gasteiger charge is 2.31. The Balaban J connectivity index is 2.06. The fraction of sp³-hybridized carbons (Fsp3) is 0.286. The minimum atomic E-state index is -4.41. The zero-order valence-corrected chi connectivity index (χ0v) is 10.4. The second-order valence-electron chi connectivity index (χ2n) is 4.87. The molecule has 1 aromatic heterocycles. The van der Waals surface area contributed by atoms with Crippen molar-refractivity contribution < 1.29 is 13.2 Å². The zero-order chi connectivity index (χ0) is 14.3. The first kappa shape index (κ1) is 12.9. The molecule has 1 aliphatic rings. The molecule has 0 bridgehead atoms. The lowest BCUT2D eigenvalue weighted by atomic mass is 10.1. The van der Waals surface area contributed by atoms with Gasteiger partial charge in [0, 0.05) is 17.5 Å². The van der Waals surface area contributed by atoms with Gasteiger partial charge in [-0.1, -0.05) is 12.1 Å². The fourth-order valence-corrected chi connectivity index (χ4v) is 2.04. The highest BCUT2D eigenvalue weighted by molar-refractivity contribution is 5.56. The van der Waals surface area contributed by atoms with Crippen LogP contribution in [0.15, 0.2) is 35.1 Å². The van der Waals surface area contributed by atoms with Gasteiger partial charge in [0.25, 0.3) is 5.56 Å². The van der Waals surface area contributed by atoms with Crippen molar-refractivity contribution >= 4 is 0 Å². The van der Waals surface area contributed by atoms with Crippen molar-refractivity contribution in [3.8, 4) is 11.4 Å². The summed E-state index contributed by atoms with van der Waals surface area (Å²) in [5, 5.41) is 0. The second kappa shape index (κ2) is 4.47. The van der Waals surface area contributed by atoms with E-state index in [1.807, 2.05) is 0 Å². The molecule has 1 aromatic carbocycles. The van der Waals surface area contributed by atoms with Gasteiger partial charge in [-0.2, -0.15) is 13.2 Å². The molecule has 1 heterocycles. The largest absolute Gasteiger partial charge is 0.416 e. The molecule has 104 valence electrons. The second-order valence-corrected chi connectivity index (χ2v) is 4.87. The predicted octanol–water partition coefficient (Wildman–Crippen LogP) is 3.33. The van der Waals surface area contributed by atoms with Crippen molar-refractivity contribution in [3.63, 3.8) is 0 Å². The normalized spacial score (nSPS) is 15.3. The Morgan fingerprint density at radius 2 is 1.95 bits per heavy atom. The number of aromatic nitrogens is 2. The highest BCUT2D eigenvalue weighted by Crippen LogP contribution is 2.39. The van der Waals surface area contributed by atoms with E-state index >= 15 is 0 Å². The van der Waals surface area contributed by atoms with E-state index < -0.39 is 11.7 Å². The molecule has 0 unspecified atom stereocenters. The molecular weight excluding hydrogens is 269 g/mol. The molecule has 3 rings (SSSR count). The number of hydrogen-bond acceptors (Lipinski definition) is 2. The first-order valence-corrected chi connectivity index (χ1v) is 6.22. The van der Waals surface area contributed by atoms with Gasteiger partial charge in [0.2, 0.25) is 0 Å². The fourth-order valence-electron chi connectivity index (χ4n) is 2.04. The minimum absolute atomic E-state index is 0.186. The van der Waals surface area contributed by atoms with Crippen LogP contribution in [0.1, 0.15) is 30.0 Å². The third-order valence-electron chi connectivity index (χ3n) is 3.22. The third kappa shape index (κ3) is 2.59. The summed E-state index contributed by atoms with van der Waals surface area (Å²) in [6.07, 6.45) is -2.47. The smallest absolute Gasteiger partial charge is 0.307 e. The van der Waals surface area contributed by atoms with Crippen molar-refractivity contribution in [2.24, 2.45) is 0 Å². The Morgan fingerprint density at radius 1 is 1.20 bits per heavy atom. The van der Waals surface area contributed by atoms with Gasteiger partial charge in [-0.05, 0) is 25.0 Å². The molecule has 0 spiro atoms. The molecular formula is C14H11F3N2O. The number of hydrogen-bond donors (Lipinski definition) is 1. The topological polar surface area (TPSA) is 45.8 Å². The highest BCUT2D eigenvalue weighted by atomic mass is 19.4. The lowest BCUT2D eigenvalue weighted by Gasteiger charge is -2.09. The van der Waals surface area contributed by atoms with E-state index in [1.165, 1.54) is 18.2 Å². The Hall–Kier alpha value is -2.11. The molecule has 1 saturated carbocycles. The molecule has 20 heavy (non-hydrogen) atoms. The first-order valence-electron chi connectivity index (χ1n) is 6.22. The summed E-state index contributed by atoms with van der Waals surface area (Å²) >= 11 is 0. The average molecular weight is 280 g/mol. The summed E-state index contributed by atoms with van der Waals surface area (Å²) in [6, 6.07) is 6.21. The molecule has 0 radical (unpaired) electrons. The van der Waals surface area contributed by atoms with Crippen LogP contribution in [0.5, 0.6) is 0 Å². The average Bonchev–Trinajstić information content (AvgIpc) is 3.21. The van der Waals surface area contributed by atoms with Crippen LogP contribution in [0.2, 0.25) is 0 Å². The third-order valence-corrected chi connectivity index (χ3v) is 3.22. The van der Waals surface area contributed by atoms with Crippen LogP contribution in [-0.2, 0) is 6.18 Å². The summed E-state index contributed by atoms with van der Waals surface area (Å²) in [5.74, 6) is 0.451. The maximum absolute atomic E-state index is 12.7. The molecule has 0 saturated heterocycles. The van der Waals surface area contributed by atoms with Crippen LogP contribution in [-0.4, -0.2) is 9.97 Å². The van der Waals surface area contributed by atoms with Crippen LogP contribution in [0.3, 0.4) is 0 Å². The van der Waals surface area contributed by atoms with Gasteiger partial charge < -0.3 is 4.98 Å². The molecule has 6 heteroatoms. The number of alkyl halides is 3. The molecule has 0 amide bonds. The monoisotopic (exact) mass is 280 g/mol. The van der Waals surface area contributed by atoms with Crippen molar-refractivity contribution in [1.29, 1.82) is 0 Å². The summed E-state index contributed by atoms with van der Waals surface area (Å²) < 4.78 is 38.1. The Bertz CT molecular complexity index is 702. The quantitative estimate of drug-likeness (QED) is 0.917. The van der Waals surface area contributed by atoms with Crippen molar-refractivity contribution in [2.45, 2.75) is 24.9 Å². The van der Waals surface area contributed by atoms with E-state index in [9.17, 15) is 18.0 Å². The molecule has 3 nitrogen and oxygen atoms in total. The minimum Gasteiger partial charge on any atom is -0.307 e. The Labute approximate surface area is 112 Å². The molecule has 1 fully saturated rings. The number of nitrogens with zero attached hydrogens (tertiary/aromatic N) is 1. The predicted molar refractivity (Wildman–Crippen MR) is 67.3 cm³/mol. The van der Waals surface area contributed by atoms with Crippen molar-refractivity contribution in [1.82, 2.24) is 9.97 Å². The van der Waals surface area contributed by atoms with E-state index in [-0.39, 0.29) is 22.9 Å².